The third-order valence-corrected chi connectivity index (χ3v) is 3.01. The number of carbonyl (C=O) groups is 2. The summed E-state index contributed by atoms with van der Waals surface area (Å²) in [6, 6.07) is 0. The first kappa shape index (κ1) is 15.4. The molecule has 0 saturated carbocycles. The first-order chi connectivity index (χ1) is 8.93. The van der Waals surface area contributed by atoms with Crippen molar-refractivity contribution in [2.24, 2.45) is 0 Å². The molecule has 0 bridgehead atoms. The van der Waals surface area contributed by atoms with Crippen LogP contribution in [0.25, 0.3) is 0 Å². The molecule has 104 valence electrons. The van der Waals surface area contributed by atoms with E-state index in [-0.39, 0.29) is 29.6 Å². The standard InChI is InChI=1S/C13H16ClNO4/c1-5-18-12(16)9-7(3)8(4)11(14)15-10(9)13(17)19-6-2/h5-6H2,1-4H3. The van der Waals surface area contributed by atoms with E-state index in [0.717, 1.165) is 0 Å². The molecule has 1 heterocycles. The maximum absolute atomic E-state index is 11.9. The molecule has 0 fully saturated rings. The SMILES string of the molecule is CCOC(=O)c1nc(Cl)c(C)c(C)c1C(=O)OCC. The van der Waals surface area contributed by atoms with E-state index in [0.29, 0.717) is 11.1 Å². The van der Waals surface area contributed by atoms with Gasteiger partial charge in [-0.2, -0.15) is 0 Å². The van der Waals surface area contributed by atoms with Gasteiger partial charge in [0.2, 0.25) is 0 Å². The minimum atomic E-state index is -0.685. The predicted octanol–water partition coefficient (Wildman–Crippen LogP) is 2.71. The highest BCUT2D eigenvalue weighted by Crippen LogP contribution is 2.24. The molecule has 0 radical (unpaired) electrons. The van der Waals surface area contributed by atoms with Gasteiger partial charge in [-0.3, -0.25) is 0 Å². The zero-order valence-electron chi connectivity index (χ0n) is 11.4. The van der Waals surface area contributed by atoms with Crippen molar-refractivity contribution < 1.29 is 19.1 Å². The first-order valence-electron chi connectivity index (χ1n) is 5.94. The Labute approximate surface area is 116 Å². The van der Waals surface area contributed by atoms with Gasteiger partial charge >= 0.3 is 11.9 Å². The largest absolute Gasteiger partial charge is 0.462 e. The number of ether oxygens (including phenoxy) is 2. The predicted molar refractivity (Wildman–Crippen MR) is 70.6 cm³/mol. The third-order valence-electron chi connectivity index (χ3n) is 2.64. The van der Waals surface area contributed by atoms with E-state index in [1.165, 1.54) is 0 Å². The maximum atomic E-state index is 11.9. The normalized spacial score (nSPS) is 10.2. The van der Waals surface area contributed by atoms with Crippen LogP contribution < -0.4 is 0 Å². The third kappa shape index (κ3) is 3.23. The summed E-state index contributed by atoms with van der Waals surface area (Å²) < 4.78 is 9.82. The molecule has 6 heteroatoms. The van der Waals surface area contributed by atoms with Crippen molar-refractivity contribution in [1.82, 2.24) is 4.98 Å². The lowest BCUT2D eigenvalue weighted by Crippen LogP contribution is -2.18. The number of hydrogen-bond acceptors (Lipinski definition) is 5. The number of aromatic nitrogens is 1. The second-order valence-electron chi connectivity index (χ2n) is 3.82. The summed E-state index contributed by atoms with van der Waals surface area (Å²) in [7, 11) is 0. The molecular formula is C13H16ClNO4. The highest BCUT2D eigenvalue weighted by atomic mass is 35.5. The second kappa shape index (κ2) is 6.52. The summed E-state index contributed by atoms with van der Waals surface area (Å²) in [6.07, 6.45) is 0. The highest BCUT2D eigenvalue weighted by Gasteiger charge is 2.25. The van der Waals surface area contributed by atoms with Gasteiger partial charge in [-0.15, -0.1) is 0 Å². The molecule has 0 aliphatic carbocycles. The van der Waals surface area contributed by atoms with E-state index in [4.69, 9.17) is 21.1 Å². The van der Waals surface area contributed by atoms with Gasteiger partial charge in [-0.05, 0) is 38.8 Å². The molecule has 0 amide bonds. The number of hydrogen-bond donors (Lipinski definition) is 0. The Bertz CT molecular complexity index is 514. The van der Waals surface area contributed by atoms with E-state index in [2.05, 4.69) is 4.98 Å². The van der Waals surface area contributed by atoms with Gasteiger partial charge in [0.15, 0.2) is 5.69 Å². The van der Waals surface area contributed by atoms with Crippen LogP contribution in [0.3, 0.4) is 0 Å². The summed E-state index contributed by atoms with van der Waals surface area (Å²) in [5.74, 6) is -1.29. The van der Waals surface area contributed by atoms with Crippen LogP contribution >= 0.6 is 11.6 Å². The molecule has 5 nitrogen and oxygen atoms in total. The molecule has 0 saturated heterocycles. The van der Waals surface area contributed by atoms with Gasteiger partial charge in [0, 0.05) is 0 Å². The molecule has 0 unspecified atom stereocenters. The van der Waals surface area contributed by atoms with Crippen molar-refractivity contribution in [2.45, 2.75) is 27.7 Å². The Morgan fingerprint density at radius 3 is 2.11 bits per heavy atom. The number of carbonyl (C=O) groups excluding carboxylic acids is 2. The zero-order chi connectivity index (χ0) is 14.6. The monoisotopic (exact) mass is 285 g/mol. The van der Waals surface area contributed by atoms with Crippen molar-refractivity contribution in [3.05, 3.63) is 27.5 Å². The lowest BCUT2D eigenvalue weighted by Gasteiger charge is -2.13. The Kier molecular flexibility index (Phi) is 5.30. The molecule has 0 spiro atoms. The van der Waals surface area contributed by atoms with Crippen molar-refractivity contribution >= 4 is 23.5 Å². The number of halogens is 1. The maximum Gasteiger partial charge on any atom is 0.357 e. The molecular weight excluding hydrogens is 270 g/mol. The fourth-order valence-corrected chi connectivity index (χ4v) is 1.78. The van der Waals surface area contributed by atoms with E-state index in [9.17, 15) is 9.59 Å². The highest BCUT2D eigenvalue weighted by molar-refractivity contribution is 6.30. The number of rotatable bonds is 4. The summed E-state index contributed by atoms with van der Waals surface area (Å²) in [5.41, 5.74) is 1.22. The second-order valence-corrected chi connectivity index (χ2v) is 4.18. The molecule has 0 atom stereocenters. The smallest absolute Gasteiger partial charge is 0.357 e. The summed E-state index contributed by atoms with van der Waals surface area (Å²) in [6.45, 7) is 7.17. The van der Waals surface area contributed by atoms with Gasteiger partial charge < -0.3 is 9.47 Å². The zero-order valence-corrected chi connectivity index (χ0v) is 12.1. The summed E-state index contributed by atoms with van der Waals surface area (Å²) in [4.78, 5) is 27.7. The van der Waals surface area contributed by atoms with Gasteiger partial charge in [-0.1, -0.05) is 11.6 Å². The molecule has 0 aliphatic heterocycles. The molecule has 0 N–H and O–H groups in total. The fourth-order valence-electron chi connectivity index (χ4n) is 1.56. The van der Waals surface area contributed by atoms with Crippen molar-refractivity contribution in [1.29, 1.82) is 0 Å². The minimum Gasteiger partial charge on any atom is -0.462 e. The number of pyridine rings is 1. The van der Waals surface area contributed by atoms with Gasteiger partial charge in [-0.25, -0.2) is 14.6 Å². The van der Waals surface area contributed by atoms with Crippen molar-refractivity contribution in [2.75, 3.05) is 13.2 Å². The van der Waals surface area contributed by atoms with Crippen LogP contribution in [0, 0.1) is 13.8 Å². The van der Waals surface area contributed by atoms with Crippen LogP contribution in [-0.2, 0) is 9.47 Å². The Morgan fingerprint density at radius 2 is 1.58 bits per heavy atom. The lowest BCUT2D eigenvalue weighted by atomic mass is 10.0. The first-order valence-corrected chi connectivity index (χ1v) is 6.32. The molecule has 1 aromatic rings. The average molecular weight is 286 g/mol. The Hall–Kier alpha value is -1.62. The molecule has 1 rings (SSSR count). The molecule has 19 heavy (non-hydrogen) atoms. The molecule has 0 aromatic carbocycles. The number of nitrogens with zero attached hydrogens (tertiary/aromatic N) is 1. The average Bonchev–Trinajstić information content (AvgIpc) is 2.35. The molecule has 1 aromatic heterocycles. The Morgan fingerprint density at radius 1 is 1.05 bits per heavy atom. The van der Waals surface area contributed by atoms with E-state index in [1.807, 2.05) is 0 Å². The van der Waals surface area contributed by atoms with E-state index < -0.39 is 11.9 Å². The van der Waals surface area contributed by atoms with E-state index >= 15 is 0 Å². The van der Waals surface area contributed by atoms with Crippen LogP contribution in [-0.4, -0.2) is 30.1 Å². The summed E-state index contributed by atoms with van der Waals surface area (Å²) >= 11 is 5.95. The van der Waals surface area contributed by atoms with Crippen LogP contribution in [0.5, 0.6) is 0 Å². The fraction of sp³-hybridized carbons (Fsp3) is 0.462. The van der Waals surface area contributed by atoms with Crippen LogP contribution in [0.15, 0.2) is 0 Å². The van der Waals surface area contributed by atoms with Gasteiger partial charge in [0.25, 0.3) is 0 Å². The lowest BCUT2D eigenvalue weighted by molar-refractivity contribution is 0.0472. The number of esters is 2. The topological polar surface area (TPSA) is 65.5 Å². The van der Waals surface area contributed by atoms with Crippen LogP contribution in [0.4, 0.5) is 0 Å². The summed E-state index contributed by atoms with van der Waals surface area (Å²) in [5, 5.41) is 0.175. The van der Waals surface area contributed by atoms with E-state index in [1.54, 1.807) is 27.7 Å². The van der Waals surface area contributed by atoms with Gasteiger partial charge in [0.1, 0.15) is 5.15 Å². The van der Waals surface area contributed by atoms with Crippen LogP contribution in [0.1, 0.15) is 45.8 Å². The van der Waals surface area contributed by atoms with Crippen LogP contribution in [0.2, 0.25) is 5.15 Å². The quantitative estimate of drug-likeness (QED) is 0.628. The van der Waals surface area contributed by atoms with Crippen molar-refractivity contribution in [3.63, 3.8) is 0 Å². The van der Waals surface area contributed by atoms with Gasteiger partial charge in [0.05, 0.1) is 18.8 Å². The molecule has 0 aliphatic rings. The minimum absolute atomic E-state index is 0.103. The Balaban J connectivity index is 3.43. The van der Waals surface area contributed by atoms with Crippen molar-refractivity contribution in [3.8, 4) is 0 Å².